The zero-order chi connectivity index (χ0) is 20.9. The number of benzene rings is 3. The number of hydrogen-bond acceptors (Lipinski definition) is 3. The fourth-order valence-corrected chi connectivity index (χ4v) is 3.76. The summed E-state index contributed by atoms with van der Waals surface area (Å²) in [6, 6.07) is 25.2. The molecule has 0 atom stereocenters. The largest absolute Gasteiger partial charge is 0.478 e. The summed E-state index contributed by atoms with van der Waals surface area (Å²) in [4.78, 5) is 27.8. The average Bonchev–Trinajstić information content (AvgIpc) is 2.80. The molecule has 30 heavy (non-hydrogen) atoms. The molecule has 1 amide bonds. The number of amides is 1. The molecule has 152 valence electrons. The van der Waals surface area contributed by atoms with Crippen molar-refractivity contribution in [3.05, 3.63) is 101 Å². The third kappa shape index (κ3) is 4.51. The minimum atomic E-state index is -0.989. The maximum atomic E-state index is 12.7. The van der Waals surface area contributed by atoms with Crippen molar-refractivity contribution >= 4 is 17.6 Å². The van der Waals surface area contributed by atoms with Gasteiger partial charge in [0.05, 0.1) is 5.56 Å². The van der Waals surface area contributed by atoms with Gasteiger partial charge in [0.2, 0.25) is 0 Å². The van der Waals surface area contributed by atoms with E-state index in [0.29, 0.717) is 18.7 Å². The minimum Gasteiger partial charge on any atom is -0.478 e. The standard InChI is InChI=1S/C25H24N2O3/c28-24(21-8-10-22(11-9-21)25(29)30)27-16-14-26(15-17-27)23-12-6-20(7-13-23)18-19-4-2-1-3-5-19/h1-13H,14-18H2,(H,29,30). The molecule has 1 N–H and O–H groups in total. The van der Waals surface area contributed by atoms with Crippen molar-refractivity contribution in [3.63, 3.8) is 0 Å². The molecule has 1 aliphatic heterocycles. The molecule has 3 aromatic carbocycles. The molecule has 0 saturated carbocycles. The second-order valence-corrected chi connectivity index (χ2v) is 7.49. The smallest absolute Gasteiger partial charge is 0.335 e. The molecule has 1 heterocycles. The second kappa shape index (κ2) is 8.82. The van der Waals surface area contributed by atoms with Gasteiger partial charge in [0.15, 0.2) is 0 Å². The predicted molar refractivity (Wildman–Crippen MR) is 117 cm³/mol. The topological polar surface area (TPSA) is 60.9 Å². The first kappa shape index (κ1) is 19.7. The zero-order valence-electron chi connectivity index (χ0n) is 16.7. The number of carbonyl (C=O) groups excluding carboxylic acids is 1. The first-order chi connectivity index (χ1) is 14.6. The molecule has 5 nitrogen and oxygen atoms in total. The lowest BCUT2D eigenvalue weighted by molar-refractivity contribution is 0.0693. The number of nitrogens with zero attached hydrogens (tertiary/aromatic N) is 2. The third-order valence-corrected chi connectivity index (χ3v) is 5.50. The van der Waals surface area contributed by atoms with Gasteiger partial charge in [-0.05, 0) is 53.9 Å². The number of hydrogen-bond donors (Lipinski definition) is 1. The number of carbonyl (C=O) groups is 2. The Hall–Kier alpha value is -3.60. The van der Waals surface area contributed by atoms with Gasteiger partial charge in [-0.15, -0.1) is 0 Å². The molecule has 0 aromatic heterocycles. The molecule has 3 aromatic rings. The number of carboxylic acids is 1. The molecule has 1 aliphatic rings. The van der Waals surface area contributed by atoms with Gasteiger partial charge in [-0.25, -0.2) is 4.79 Å². The maximum absolute atomic E-state index is 12.7. The van der Waals surface area contributed by atoms with Gasteiger partial charge in [0, 0.05) is 37.4 Å². The van der Waals surface area contributed by atoms with E-state index < -0.39 is 5.97 Å². The van der Waals surface area contributed by atoms with Gasteiger partial charge in [0.1, 0.15) is 0 Å². The highest BCUT2D eigenvalue weighted by Crippen LogP contribution is 2.20. The lowest BCUT2D eigenvalue weighted by Gasteiger charge is -2.36. The van der Waals surface area contributed by atoms with E-state index in [9.17, 15) is 9.59 Å². The Balaban J connectivity index is 1.33. The molecule has 0 spiro atoms. The van der Waals surface area contributed by atoms with E-state index in [4.69, 9.17) is 5.11 Å². The molecule has 4 rings (SSSR count). The highest BCUT2D eigenvalue weighted by molar-refractivity contribution is 5.96. The average molecular weight is 400 g/mol. The summed E-state index contributed by atoms with van der Waals surface area (Å²) < 4.78 is 0. The Labute approximate surface area is 176 Å². The molecule has 1 saturated heterocycles. The van der Waals surface area contributed by atoms with Crippen LogP contribution in [-0.2, 0) is 6.42 Å². The van der Waals surface area contributed by atoms with Crippen molar-refractivity contribution in [2.24, 2.45) is 0 Å². The summed E-state index contributed by atoms with van der Waals surface area (Å²) in [5.74, 6) is -1.04. The highest BCUT2D eigenvalue weighted by Gasteiger charge is 2.22. The van der Waals surface area contributed by atoms with Crippen LogP contribution in [-0.4, -0.2) is 48.1 Å². The van der Waals surface area contributed by atoms with Crippen LogP contribution in [0.1, 0.15) is 31.8 Å². The molecule has 0 radical (unpaired) electrons. The molecule has 0 bridgehead atoms. The lowest BCUT2D eigenvalue weighted by atomic mass is 10.0. The van der Waals surface area contributed by atoms with Crippen LogP contribution in [0.3, 0.4) is 0 Å². The molecule has 1 fully saturated rings. The van der Waals surface area contributed by atoms with Crippen molar-refractivity contribution in [1.82, 2.24) is 4.90 Å². The number of aromatic carboxylic acids is 1. The van der Waals surface area contributed by atoms with Crippen LogP contribution in [0.4, 0.5) is 5.69 Å². The summed E-state index contributed by atoms with van der Waals surface area (Å²) in [5.41, 5.74) is 4.47. The van der Waals surface area contributed by atoms with E-state index in [1.54, 1.807) is 12.1 Å². The van der Waals surface area contributed by atoms with Gasteiger partial charge in [-0.1, -0.05) is 42.5 Å². The van der Waals surface area contributed by atoms with E-state index >= 15 is 0 Å². The van der Waals surface area contributed by atoms with E-state index in [-0.39, 0.29) is 11.5 Å². The van der Waals surface area contributed by atoms with Crippen LogP contribution in [0.5, 0.6) is 0 Å². The molecule has 5 heteroatoms. The van der Waals surface area contributed by atoms with E-state index in [1.165, 1.54) is 28.9 Å². The van der Waals surface area contributed by atoms with Crippen LogP contribution >= 0.6 is 0 Å². The van der Waals surface area contributed by atoms with Gasteiger partial charge in [0.25, 0.3) is 5.91 Å². The predicted octanol–water partition coefficient (Wildman–Crippen LogP) is 3.94. The van der Waals surface area contributed by atoms with Crippen molar-refractivity contribution in [1.29, 1.82) is 0 Å². The first-order valence-electron chi connectivity index (χ1n) is 10.1. The monoisotopic (exact) mass is 400 g/mol. The van der Waals surface area contributed by atoms with Crippen LogP contribution in [0, 0.1) is 0 Å². The first-order valence-corrected chi connectivity index (χ1v) is 10.1. The molecular weight excluding hydrogens is 376 g/mol. The quantitative estimate of drug-likeness (QED) is 0.705. The molecule has 0 unspecified atom stereocenters. The Kier molecular flexibility index (Phi) is 5.80. The van der Waals surface area contributed by atoms with Gasteiger partial charge >= 0.3 is 5.97 Å². The molecular formula is C25H24N2O3. The highest BCUT2D eigenvalue weighted by atomic mass is 16.4. The Morgan fingerprint density at radius 2 is 1.27 bits per heavy atom. The molecule has 0 aliphatic carbocycles. The van der Waals surface area contributed by atoms with Crippen molar-refractivity contribution < 1.29 is 14.7 Å². The van der Waals surface area contributed by atoms with Gasteiger partial charge in [-0.2, -0.15) is 0 Å². The fourth-order valence-electron chi connectivity index (χ4n) is 3.76. The number of rotatable bonds is 5. The van der Waals surface area contributed by atoms with Crippen molar-refractivity contribution in [3.8, 4) is 0 Å². The Bertz CT molecular complexity index is 1010. The van der Waals surface area contributed by atoms with Crippen LogP contribution in [0.15, 0.2) is 78.9 Å². The van der Waals surface area contributed by atoms with Crippen LogP contribution in [0.25, 0.3) is 0 Å². The third-order valence-electron chi connectivity index (χ3n) is 5.50. The number of piperazine rings is 1. The summed E-state index contributed by atoms with van der Waals surface area (Å²) in [6.45, 7) is 2.84. The lowest BCUT2D eigenvalue weighted by Crippen LogP contribution is -2.48. The second-order valence-electron chi connectivity index (χ2n) is 7.49. The number of anilines is 1. The summed E-state index contributed by atoms with van der Waals surface area (Å²) in [5, 5.41) is 8.99. The summed E-state index contributed by atoms with van der Waals surface area (Å²) in [7, 11) is 0. The normalized spacial score (nSPS) is 13.9. The minimum absolute atomic E-state index is 0.0511. The van der Waals surface area contributed by atoms with E-state index in [0.717, 1.165) is 19.5 Å². The van der Waals surface area contributed by atoms with Crippen LogP contribution in [0.2, 0.25) is 0 Å². The SMILES string of the molecule is O=C(O)c1ccc(C(=O)N2CCN(c3ccc(Cc4ccccc4)cc3)CC2)cc1. The Morgan fingerprint density at radius 3 is 1.87 bits per heavy atom. The van der Waals surface area contributed by atoms with Crippen molar-refractivity contribution in [2.45, 2.75) is 6.42 Å². The Morgan fingerprint density at radius 1 is 0.700 bits per heavy atom. The van der Waals surface area contributed by atoms with E-state index in [2.05, 4.69) is 53.4 Å². The number of carboxylic acid groups (broad SMARTS) is 1. The van der Waals surface area contributed by atoms with Gasteiger partial charge < -0.3 is 14.9 Å². The fraction of sp³-hybridized carbons (Fsp3) is 0.200. The maximum Gasteiger partial charge on any atom is 0.335 e. The summed E-state index contributed by atoms with van der Waals surface area (Å²) >= 11 is 0. The van der Waals surface area contributed by atoms with Gasteiger partial charge in [-0.3, -0.25) is 4.79 Å². The van der Waals surface area contributed by atoms with Crippen molar-refractivity contribution in [2.75, 3.05) is 31.1 Å². The van der Waals surface area contributed by atoms with E-state index in [1.807, 2.05) is 11.0 Å². The van der Waals surface area contributed by atoms with Crippen LogP contribution < -0.4 is 4.90 Å². The zero-order valence-corrected chi connectivity index (χ0v) is 16.7. The summed E-state index contributed by atoms with van der Waals surface area (Å²) in [6.07, 6.45) is 0.921.